The van der Waals surface area contributed by atoms with E-state index in [0.29, 0.717) is 13.1 Å². The number of hydrogen-bond donors (Lipinski definition) is 1. The molecule has 1 saturated heterocycles. The monoisotopic (exact) mass is 461 g/mol. The standard InChI is InChI=1S/C26H31N5O3/c1-19-25-28-21-9-5-6-10-22(21)31(25)23(26(33)30(19)18-20-7-3-2-4-8-20)17-24(32)27-11-12-29-13-15-34-16-14-29/h2-10,19,23H,11-18H2,1H3,(H,27,32)/t19-,23+/m1/s1. The smallest absolute Gasteiger partial charge is 0.247 e. The van der Waals surface area contributed by atoms with E-state index in [1.54, 1.807) is 0 Å². The number of rotatable bonds is 7. The second kappa shape index (κ2) is 9.95. The van der Waals surface area contributed by atoms with Gasteiger partial charge in [0.15, 0.2) is 0 Å². The minimum Gasteiger partial charge on any atom is -0.379 e. The van der Waals surface area contributed by atoms with Crippen molar-refractivity contribution in [2.24, 2.45) is 0 Å². The highest BCUT2D eigenvalue weighted by molar-refractivity contribution is 5.90. The highest BCUT2D eigenvalue weighted by Gasteiger charge is 2.40. The van der Waals surface area contributed by atoms with E-state index in [2.05, 4.69) is 10.2 Å². The van der Waals surface area contributed by atoms with Crippen LogP contribution in [0.3, 0.4) is 0 Å². The van der Waals surface area contributed by atoms with Crippen LogP contribution < -0.4 is 5.32 Å². The van der Waals surface area contributed by atoms with Gasteiger partial charge in [0.1, 0.15) is 11.9 Å². The van der Waals surface area contributed by atoms with Crippen LogP contribution in [0.25, 0.3) is 11.0 Å². The molecule has 1 aromatic heterocycles. The molecule has 0 aliphatic carbocycles. The number of aromatic nitrogens is 2. The third-order valence-corrected chi connectivity index (χ3v) is 6.77. The Morgan fingerprint density at radius 3 is 2.62 bits per heavy atom. The molecule has 2 amide bonds. The van der Waals surface area contributed by atoms with Crippen LogP contribution in [0.4, 0.5) is 0 Å². The van der Waals surface area contributed by atoms with E-state index in [4.69, 9.17) is 9.72 Å². The molecule has 5 rings (SSSR count). The van der Waals surface area contributed by atoms with Crippen LogP contribution in [-0.4, -0.2) is 70.6 Å². The van der Waals surface area contributed by atoms with Gasteiger partial charge in [-0.15, -0.1) is 0 Å². The number of imidazole rings is 1. The predicted octanol–water partition coefficient (Wildman–Crippen LogP) is 2.52. The normalized spacial score (nSPS) is 21.0. The molecule has 1 N–H and O–H groups in total. The van der Waals surface area contributed by atoms with Gasteiger partial charge < -0.3 is 19.5 Å². The zero-order chi connectivity index (χ0) is 23.5. The molecule has 8 heteroatoms. The van der Waals surface area contributed by atoms with Crippen LogP contribution in [-0.2, 0) is 20.9 Å². The maximum absolute atomic E-state index is 13.8. The van der Waals surface area contributed by atoms with Gasteiger partial charge >= 0.3 is 0 Å². The Kier molecular flexibility index (Phi) is 6.60. The van der Waals surface area contributed by atoms with Gasteiger partial charge in [0.05, 0.1) is 36.7 Å². The molecule has 0 radical (unpaired) electrons. The minimum atomic E-state index is -0.620. The average molecular weight is 462 g/mol. The molecule has 3 heterocycles. The van der Waals surface area contributed by atoms with Gasteiger partial charge in [0.2, 0.25) is 11.8 Å². The number of carbonyl (C=O) groups excluding carboxylic acids is 2. The van der Waals surface area contributed by atoms with Crippen molar-refractivity contribution < 1.29 is 14.3 Å². The third kappa shape index (κ3) is 4.56. The number of ether oxygens (including phenoxy) is 1. The van der Waals surface area contributed by atoms with Crippen molar-refractivity contribution in [3.63, 3.8) is 0 Å². The van der Waals surface area contributed by atoms with E-state index < -0.39 is 6.04 Å². The van der Waals surface area contributed by atoms with Crippen molar-refractivity contribution in [3.05, 3.63) is 66.0 Å². The van der Waals surface area contributed by atoms with Crippen molar-refractivity contribution in [3.8, 4) is 0 Å². The fraction of sp³-hybridized carbons (Fsp3) is 0.423. The average Bonchev–Trinajstić information content (AvgIpc) is 3.25. The number of amides is 2. The zero-order valence-electron chi connectivity index (χ0n) is 19.5. The van der Waals surface area contributed by atoms with E-state index >= 15 is 0 Å². The van der Waals surface area contributed by atoms with Crippen molar-refractivity contribution in [2.45, 2.75) is 32.0 Å². The minimum absolute atomic E-state index is 0.0460. The first-order valence-electron chi connectivity index (χ1n) is 12.0. The topological polar surface area (TPSA) is 79.7 Å². The van der Waals surface area contributed by atoms with Crippen molar-refractivity contribution >= 4 is 22.8 Å². The first-order valence-corrected chi connectivity index (χ1v) is 12.0. The van der Waals surface area contributed by atoms with Gasteiger partial charge in [-0.3, -0.25) is 14.5 Å². The summed E-state index contributed by atoms with van der Waals surface area (Å²) in [6.07, 6.45) is 0.0906. The Balaban J connectivity index is 1.37. The number of hydrogen-bond acceptors (Lipinski definition) is 5. The molecule has 8 nitrogen and oxygen atoms in total. The van der Waals surface area contributed by atoms with Crippen LogP contribution in [0, 0.1) is 0 Å². The highest BCUT2D eigenvalue weighted by Crippen LogP contribution is 2.37. The molecule has 0 unspecified atom stereocenters. The lowest BCUT2D eigenvalue weighted by atomic mass is 10.0. The fourth-order valence-electron chi connectivity index (χ4n) is 4.92. The first kappa shape index (κ1) is 22.6. The summed E-state index contributed by atoms with van der Waals surface area (Å²) in [5.74, 6) is 0.655. The van der Waals surface area contributed by atoms with E-state index in [0.717, 1.165) is 55.3 Å². The van der Waals surface area contributed by atoms with Crippen molar-refractivity contribution in [2.75, 3.05) is 39.4 Å². The summed E-state index contributed by atoms with van der Waals surface area (Å²) in [6, 6.07) is 17.0. The first-order chi connectivity index (χ1) is 16.6. The lowest BCUT2D eigenvalue weighted by molar-refractivity contribution is -0.142. The Bertz CT molecular complexity index is 1160. The Morgan fingerprint density at radius 1 is 1.09 bits per heavy atom. The maximum atomic E-state index is 13.8. The van der Waals surface area contributed by atoms with Crippen LogP contribution in [0.2, 0.25) is 0 Å². The predicted molar refractivity (Wildman–Crippen MR) is 129 cm³/mol. The summed E-state index contributed by atoms with van der Waals surface area (Å²) < 4.78 is 7.36. The summed E-state index contributed by atoms with van der Waals surface area (Å²) in [5.41, 5.74) is 2.79. The molecule has 34 heavy (non-hydrogen) atoms. The van der Waals surface area contributed by atoms with E-state index in [9.17, 15) is 9.59 Å². The molecule has 1 fully saturated rings. The second-order valence-corrected chi connectivity index (χ2v) is 8.98. The maximum Gasteiger partial charge on any atom is 0.247 e. The van der Waals surface area contributed by atoms with Crippen LogP contribution in [0.5, 0.6) is 0 Å². The van der Waals surface area contributed by atoms with Gasteiger partial charge in [-0.1, -0.05) is 42.5 Å². The van der Waals surface area contributed by atoms with E-state index in [-0.39, 0.29) is 24.3 Å². The van der Waals surface area contributed by atoms with Crippen molar-refractivity contribution in [1.82, 2.24) is 24.7 Å². The molecule has 178 valence electrons. The summed E-state index contributed by atoms with van der Waals surface area (Å²) in [6.45, 7) is 7.07. The van der Waals surface area contributed by atoms with E-state index in [1.165, 1.54) is 0 Å². The zero-order valence-corrected chi connectivity index (χ0v) is 19.5. The quantitative estimate of drug-likeness (QED) is 0.585. The number of benzene rings is 2. The van der Waals surface area contributed by atoms with Gasteiger partial charge in [-0.2, -0.15) is 0 Å². The Hall–Kier alpha value is -3.23. The number of nitrogens with one attached hydrogen (secondary N) is 1. The lowest BCUT2D eigenvalue weighted by Crippen LogP contribution is -2.46. The molecular weight excluding hydrogens is 430 g/mol. The summed E-state index contributed by atoms with van der Waals surface area (Å²) in [4.78, 5) is 35.7. The molecule has 0 bridgehead atoms. The molecule has 2 aromatic carbocycles. The molecule has 2 atom stereocenters. The van der Waals surface area contributed by atoms with Crippen LogP contribution in [0.15, 0.2) is 54.6 Å². The molecule has 3 aromatic rings. The number of morpholine rings is 1. The highest BCUT2D eigenvalue weighted by atomic mass is 16.5. The number of fused-ring (bicyclic) bond motifs is 3. The van der Waals surface area contributed by atoms with Gasteiger partial charge in [-0.05, 0) is 24.6 Å². The summed E-state index contributed by atoms with van der Waals surface area (Å²) in [7, 11) is 0. The number of para-hydroxylation sites is 2. The third-order valence-electron chi connectivity index (χ3n) is 6.77. The summed E-state index contributed by atoms with van der Waals surface area (Å²) >= 11 is 0. The molecule has 2 aliphatic heterocycles. The van der Waals surface area contributed by atoms with Gasteiger partial charge in [0, 0.05) is 32.7 Å². The van der Waals surface area contributed by atoms with Crippen LogP contribution >= 0.6 is 0 Å². The van der Waals surface area contributed by atoms with Crippen LogP contribution in [0.1, 0.15) is 36.8 Å². The Morgan fingerprint density at radius 2 is 1.82 bits per heavy atom. The largest absolute Gasteiger partial charge is 0.379 e. The second-order valence-electron chi connectivity index (χ2n) is 8.98. The van der Waals surface area contributed by atoms with E-state index in [1.807, 2.05) is 71.0 Å². The summed E-state index contributed by atoms with van der Waals surface area (Å²) in [5, 5.41) is 3.02. The molecule has 0 spiro atoms. The lowest BCUT2D eigenvalue weighted by Gasteiger charge is -2.38. The molecular formula is C26H31N5O3. The number of carbonyl (C=O) groups is 2. The SMILES string of the molecule is C[C@@H]1c2nc3ccccc3n2[C@@H](CC(=O)NCCN2CCOCC2)C(=O)N1Cc1ccccc1. The molecule has 2 aliphatic rings. The number of nitrogens with zero attached hydrogens (tertiary/aromatic N) is 4. The van der Waals surface area contributed by atoms with Crippen molar-refractivity contribution in [1.29, 1.82) is 0 Å². The fourth-order valence-corrected chi connectivity index (χ4v) is 4.92. The van der Waals surface area contributed by atoms with Gasteiger partial charge in [-0.25, -0.2) is 4.98 Å². The molecule has 0 saturated carbocycles. The Labute approximate surface area is 199 Å². The van der Waals surface area contributed by atoms with Gasteiger partial charge in [0.25, 0.3) is 0 Å².